The first-order valence-corrected chi connectivity index (χ1v) is 33.3. The number of epoxide rings is 1. The minimum absolute atomic E-state index is 0.00344. The second kappa shape index (κ2) is 41.3. The van der Waals surface area contributed by atoms with E-state index in [0.717, 1.165) is 18.0 Å². The third kappa shape index (κ3) is 28.2. The molecule has 90 heavy (non-hydrogen) atoms. The highest BCUT2D eigenvalue weighted by atomic mass is 32.2. The summed E-state index contributed by atoms with van der Waals surface area (Å²) in [5, 5.41) is 38.5. The summed E-state index contributed by atoms with van der Waals surface area (Å²) in [6, 6.07) is 6.52. The molecule has 0 radical (unpaired) electrons. The van der Waals surface area contributed by atoms with Crippen LogP contribution in [-0.4, -0.2) is 242 Å². The van der Waals surface area contributed by atoms with Gasteiger partial charge in [-0.05, 0) is 74.9 Å². The molecule has 3 aliphatic rings. The summed E-state index contributed by atoms with van der Waals surface area (Å²) in [4.78, 5) is 61.9. The number of anilines is 2. The zero-order valence-corrected chi connectivity index (χ0v) is 52.3. The number of carbonyl (C=O) groups excluding carboxylic acids is 4. The Morgan fingerprint density at radius 2 is 1.47 bits per heavy atom. The summed E-state index contributed by atoms with van der Waals surface area (Å²) in [6.45, 7) is 6.28. The molecule has 0 aliphatic carbocycles. The van der Waals surface area contributed by atoms with Gasteiger partial charge in [-0.1, -0.05) is 6.42 Å². The molecule has 3 aliphatic heterocycles. The van der Waals surface area contributed by atoms with E-state index in [0.29, 0.717) is 135 Å². The number of benzene rings is 1. The van der Waals surface area contributed by atoms with E-state index >= 15 is 4.39 Å². The van der Waals surface area contributed by atoms with E-state index in [4.69, 9.17) is 58.2 Å². The number of sulfone groups is 1. The molecule has 6 rings (SSSR count). The van der Waals surface area contributed by atoms with Gasteiger partial charge in [-0.2, -0.15) is 4.98 Å². The third-order valence-corrected chi connectivity index (χ3v) is 17.0. The van der Waals surface area contributed by atoms with Crippen molar-refractivity contribution >= 4 is 56.9 Å². The largest absolute Gasteiger partial charge is 0.493 e. The second-order valence-electron chi connectivity index (χ2n) is 21.2. The first kappa shape index (κ1) is 73.7. The number of hydrogen-bond donors (Lipinski definition) is 8. The molecule has 0 spiro atoms. The molecule has 2 aromatic heterocycles. The number of pyridine rings is 2. The highest BCUT2D eigenvalue weighted by Crippen LogP contribution is 2.35. The number of ether oxygens (including phenoxy) is 10. The highest BCUT2D eigenvalue weighted by molar-refractivity contribution is 8.00. The molecular weight excluding hydrogens is 1230 g/mol. The number of halogens is 2. The predicted octanol–water partition coefficient (Wildman–Crippen LogP) is 1.89. The monoisotopic (exact) mass is 1310 g/mol. The number of aliphatic hydroxyl groups excluding tert-OH is 2. The van der Waals surface area contributed by atoms with Crippen LogP contribution in [0, 0.1) is 11.6 Å². The lowest BCUT2D eigenvalue weighted by Gasteiger charge is -2.19. The summed E-state index contributed by atoms with van der Waals surface area (Å²) in [6.07, 6.45) is 2.15. The average molecular weight is 1320 g/mol. The van der Waals surface area contributed by atoms with Crippen LogP contribution in [-0.2, 0) is 72.7 Å². The van der Waals surface area contributed by atoms with E-state index in [1.807, 2.05) is 0 Å². The van der Waals surface area contributed by atoms with Crippen LogP contribution in [0.1, 0.15) is 69.8 Å². The summed E-state index contributed by atoms with van der Waals surface area (Å²) < 4.78 is 112. The van der Waals surface area contributed by atoms with Crippen molar-refractivity contribution in [2.75, 3.05) is 149 Å². The number of nitrogens with zero attached hydrogens (tertiary/aromatic N) is 3. The predicted molar refractivity (Wildman–Crippen MR) is 325 cm³/mol. The molecule has 4 bridgehead atoms. The van der Waals surface area contributed by atoms with E-state index in [1.165, 1.54) is 35.2 Å². The van der Waals surface area contributed by atoms with Crippen LogP contribution < -0.4 is 36.5 Å². The van der Waals surface area contributed by atoms with Gasteiger partial charge in [0.2, 0.25) is 29.5 Å². The maximum atomic E-state index is 15.1. The van der Waals surface area contributed by atoms with Gasteiger partial charge in [0.05, 0.1) is 141 Å². The second-order valence-corrected chi connectivity index (χ2v) is 24.6. The summed E-state index contributed by atoms with van der Waals surface area (Å²) in [5.74, 6) is -2.29. The van der Waals surface area contributed by atoms with E-state index in [-0.39, 0.29) is 154 Å². The first-order valence-electron chi connectivity index (χ1n) is 30.5. The van der Waals surface area contributed by atoms with Crippen LogP contribution in [0.3, 0.4) is 0 Å². The molecule has 27 nitrogen and oxygen atoms in total. The fourth-order valence-corrected chi connectivity index (χ4v) is 11.8. The molecule has 5 heterocycles. The van der Waals surface area contributed by atoms with Crippen LogP contribution in [0.25, 0.3) is 11.1 Å². The normalized spacial score (nSPS) is 17.3. The van der Waals surface area contributed by atoms with Gasteiger partial charge < -0.3 is 84.4 Å². The van der Waals surface area contributed by atoms with Gasteiger partial charge in [0.1, 0.15) is 47.4 Å². The fourth-order valence-electron chi connectivity index (χ4n) is 9.22. The molecule has 9 N–H and O–H groups in total. The number of aromatic nitrogens is 2. The third-order valence-electron chi connectivity index (χ3n) is 14.0. The molecule has 504 valence electrons. The Morgan fingerprint density at radius 1 is 0.800 bits per heavy atom. The molecule has 2 saturated heterocycles. The van der Waals surface area contributed by atoms with Crippen molar-refractivity contribution in [3.63, 3.8) is 0 Å². The van der Waals surface area contributed by atoms with Gasteiger partial charge in [-0.25, -0.2) is 22.2 Å². The first-order chi connectivity index (χ1) is 43.6. The molecule has 31 heteroatoms. The van der Waals surface area contributed by atoms with Crippen molar-refractivity contribution in [3.8, 4) is 22.8 Å². The zero-order chi connectivity index (χ0) is 64.4. The van der Waals surface area contributed by atoms with Crippen molar-refractivity contribution in [2.45, 2.75) is 106 Å². The SMILES string of the molecule is N[C@@H](CSC1CC(=O)N(CCCCCC(=O)N[C@@H](CCCCNC2OC2CCS(=O)(=O)Cc2cc3nc(c2)OCCCOc2cc(F)ccc2-c2cc(ncc2F)N3)C(=O)NCCOCCOCCOCCOCCOCCOCCOCCO)C1=O)C(O)O. The number of thioether (sulfide) groups is 1. The molecule has 4 amide bonds. The Bertz CT molecular complexity index is 2770. The number of nitrogens with two attached hydrogens (primary N) is 1. The van der Waals surface area contributed by atoms with Gasteiger partial charge in [0, 0.05) is 61.4 Å². The minimum Gasteiger partial charge on any atom is -0.493 e. The number of nitrogens with one attached hydrogen (secondary N) is 4. The number of imide groups is 1. The van der Waals surface area contributed by atoms with Gasteiger partial charge >= 0.3 is 0 Å². The molecule has 1 aromatic carbocycles. The van der Waals surface area contributed by atoms with Gasteiger partial charge in [0.15, 0.2) is 16.1 Å². The maximum Gasteiger partial charge on any atom is 0.242 e. The van der Waals surface area contributed by atoms with E-state index < -0.39 is 45.1 Å². The van der Waals surface area contributed by atoms with Crippen molar-refractivity contribution < 1.29 is 99.1 Å². The van der Waals surface area contributed by atoms with Crippen molar-refractivity contribution in [3.05, 3.63) is 59.8 Å². The summed E-state index contributed by atoms with van der Waals surface area (Å²) >= 11 is 1.11. The number of rotatable bonds is 46. The Balaban J connectivity index is 0.873. The lowest BCUT2D eigenvalue weighted by atomic mass is 10.0. The Kier molecular flexibility index (Phi) is 33.8. The topological polar surface area (TPSA) is 362 Å². The van der Waals surface area contributed by atoms with E-state index in [1.54, 1.807) is 6.07 Å². The van der Waals surface area contributed by atoms with Crippen LogP contribution in [0.15, 0.2) is 42.6 Å². The number of amides is 4. The maximum absolute atomic E-state index is 15.1. The number of likely N-dealkylation sites (tertiary alicyclic amines) is 1. The standard InChI is InChI=1S/C59H88F2N8O19S2/c60-42-9-10-43-44-36-51(65-38-45(44)61)67-52-33-41(34-54(68-52)87-17-6-16-86-49(43)35-42)40-90(77,78)32-11-48-57(88-48)64-12-4-3-7-47(66-53(71)8-2-1-5-14-69-55(72)37-50(58(69)74)89-39-46(62)59(75)76)56(73)63-13-18-79-20-22-81-24-26-83-28-30-85-31-29-84-27-25-82-23-21-80-19-15-70/h9-10,33-36,38,46-48,50,57,59,64,70,75-76H,1-8,11-32,37,39-40,62H2,(H,63,73)(H,66,71)(H,65,67,68)/t46-,47-,48?,50?,57?/m0/s1. The molecule has 5 atom stereocenters. The molecule has 2 fully saturated rings. The van der Waals surface area contributed by atoms with E-state index in [2.05, 4.69) is 31.2 Å². The minimum atomic E-state index is -3.67. The number of hydrogen-bond acceptors (Lipinski definition) is 25. The fraction of sp³-hybridized carbons (Fsp3) is 0.661. The van der Waals surface area contributed by atoms with Gasteiger partial charge in [-0.15, -0.1) is 11.8 Å². The Hall–Kier alpha value is -5.36. The quantitative estimate of drug-likeness (QED) is 0.0173. The van der Waals surface area contributed by atoms with Crippen molar-refractivity contribution in [2.24, 2.45) is 5.73 Å². The average Bonchev–Trinajstić information content (AvgIpc) is 1.25. The summed E-state index contributed by atoms with van der Waals surface area (Å²) in [7, 11) is -3.67. The Labute approximate surface area is 527 Å². The lowest BCUT2D eigenvalue weighted by molar-refractivity contribution is -0.138. The van der Waals surface area contributed by atoms with E-state index in [9.17, 15) is 42.2 Å². The number of fused-ring (bicyclic) bond motifs is 6. The van der Waals surface area contributed by atoms with Crippen LogP contribution in [0.4, 0.5) is 20.4 Å². The molecule has 0 saturated carbocycles. The molecule has 3 aromatic rings. The Morgan fingerprint density at radius 3 is 2.14 bits per heavy atom. The lowest BCUT2D eigenvalue weighted by Crippen LogP contribution is -2.47. The van der Waals surface area contributed by atoms with Crippen molar-refractivity contribution in [1.82, 2.24) is 30.8 Å². The van der Waals surface area contributed by atoms with Crippen molar-refractivity contribution in [1.29, 1.82) is 0 Å². The highest BCUT2D eigenvalue weighted by Gasteiger charge is 2.40. The number of carbonyl (C=O) groups is 4. The van der Waals surface area contributed by atoms with Crippen LogP contribution in [0.2, 0.25) is 0 Å². The zero-order valence-electron chi connectivity index (χ0n) is 50.7. The number of aliphatic hydroxyl groups is 3. The molecular formula is C59H88F2N8O19S2. The van der Waals surface area contributed by atoms with Crippen LogP contribution in [0.5, 0.6) is 11.6 Å². The van der Waals surface area contributed by atoms with Gasteiger partial charge in [-0.3, -0.25) is 29.4 Å². The van der Waals surface area contributed by atoms with Crippen LogP contribution >= 0.6 is 11.8 Å². The van der Waals surface area contributed by atoms with Gasteiger partial charge in [0.25, 0.3) is 0 Å². The smallest absolute Gasteiger partial charge is 0.242 e. The number of unbranched alkanes of at least 4 members (excludes halogenated alkanes) is 3. The summed E-state index contributed by atoms with van der Waals surface area (Å²) in [5.41, 5.74) is 6.49. The molecule has 3 unspecified atom stereocenters.